The molecule has 0 aliphatic heterocycles. The number of H-pyrrole nitrogens is 1. The predicted octanol–water partition coefficient (Wildman–Crippen LogP) is 4.82. The van der Waals surface area contributed by atoms with Gasteiger partial charge < -0.3 is 10.3 Å². The van der Waals surface area contributed by atoms with Crippen molar-refractivity contribution in [2.24, 2.45) is 0 Å². The Morgan fingerprint density at radius 2 is 1.71 bits per heavy atom. The molecule has 0 unspecified atom stereocenters. The molecule has 4 nitrogen and oxygen atoms in total. The molecule has 4 aromatic rings. The van der Waals surface area contributed by atoms with Crippen molar-refractivity contribution in [1.82, 2.24) is 15.0 Å². The van der Waals surface area contributed by atoms with Gasteiger partial charge in [0.2, 0.25) is 0 Å². The van der Waals surface area contributed by atoms with Crippen molar-refractivity contribution in [2.75, 3.05) is 5.32 Å². The molecule has 2 aromatic carbocycles. The van der Waals surface area contributed by atoms with Crippen molar-refractivity contribution in [3.63, 3.8) is 0 Å². The van der Waals surface area contributed by atoms with E-state index in [0.717, 1.165) is 16.8 Å². The van der Waals surface area contributed by atoms with E-state index < -0.39 is 0 Å². The van der Waals surface area contributed by atoms with Crippen LogP contribution in [0.25, 0.3) is 22.4 Å². The summed E-state index contributed by atoms with van der Waals surface area (Å²) < 4.78 is 14.1. The highest BCUT2D eigenvalue weighted by atomic mass is 19.1. The Labute approximate surface area is 138 Å². The highest BCUT2D eigenvalue weighted by Crippen LogP contribution is 2.28. The third-order valence-electron chi connectivity index (χ3n) is 3.77. The van der Waals surface area contributed by atoms with Crippen molar-refractivity contribution in [3.8, 4) is 11.4 Å². The number of benzene rings is 2. The van der Waals surface area contributed by atoms with Crippen molar-refractivity contribution in [2.45, 2.75) is 6.92 Å². The minimum Gasteiger partial charge on any atom is -0.343 e. The molecule has 4 rings (SSSR count). The SMILES string of the molecule is Cc1cc2c(Nc3ccccc3)nc(-c3ccccc3F)nc2[nH]1. The highest BCUT2D eigenvalue weighted by Gasteiger charge is 2.14. The molecule has 5 heteroatoms. The number of aromatic nitrogens is 3. The summed E-state index contributed by atoms with van der Waals surface area (Å²) in [5, 5.41) is 4.17. The number of anilines is 2. The lowest BCUT2D eigenvalue weighted by Gasteiger charge is -2.09. The molecule has 0 aliphatic rings. The van der Waals surface area contributed by atoms with Gasteiger partial charge in [-0.1, -0.05) is 30.3 Å². The molecule has 2 N–H and O–H groups in total. The molecule has 0 spiro atoms. The Morgan fingerprint density at radius 1 is 0.958 bits per heavy atom. The van der Waals surface area contributed by atoms with Crippen molar-refractivity contribution >= 4 is 22.5 Å². The zero-order chi connectivity index (χ0) is 16.5. The largest absolute Gasteiger partial charge is 0.343 e. The van der Waals surface area contributed by atoms with Crippen LogP contribution in [0.15, 0.2) is 60.7 Å². The molecule has 0 amide bonds. The first-order valence-corrected chi connectivity index (χ1v) is 7.65. The number of hydrogen-bond donors (Lipinski definition) is 2. The molecular formula is C19H15FN4. The Hall–Kier alpha value is -3.21. The lowest BCUT2D eigenvalue weighted by molar-refractivity contribution is 0.630. The van der Waals surface area contributed by atoms with E-state index in [1.807, 2.05) is 43.3 Å². The molecule has 0 radical (unpaired) electrons. The maximum Gasteiger partial charge on any atom is 0.166 e. The predicted molar refractivity (Wildman–Crippen MR) is 93.7 cm³/mol. The fourth-order valence-corrected chi connectivity index (χ4v) is 2.66. The summed E-state index contributed by atoms with van der Waals surface area (Å²) in [6.45, 7) is 1.96. The smallest absolute Gasteiger partial charge is 0.166 e. The molecule has 0 saturated carbocycles. The number of aromatic amines is 1. The van der Waals surface area contributed by atoms with Gasteiger partial charge in [-0.05, 0) is 37.3 Å². The monoisotopic (exact) mass is 318 g/mol. The van der Waals surface area contributed by atoms with Crippen LogP contribution in [0.4, 0.5) is 15.9 Å². The number of fused-ring (bicyclic) bond motifs is 1. The van der Waals surface area contributed by atoms with E-state index in [1.165, 1.54) is 6.07 Å². The summed E-state index contributed by atoms with van der Waals surface area (Å²) in [5.74, 6) is 0.653. The van der Waals surface area contributed by atoms with Crippen LogP contribution in [0.2, 0.25) is 0 Å². The van der Waals surface area contributed by atoms with Gasteiger partial charge in [0.25, 0.3) is 0 Å². The van der Waals surface area contributed by atoms with Gasteiger partial charge in [0.1, 0.15) is 17.3 Å². The normalized spacial score (nSPS) is 10.9. The van der Waals surface area contributed by atoms with Crippen LogP contribution in [0, 0.1) is 12.7 Å². The van der Waals surface area contributed by atoms with Crippen LogP contribution in [-0.4, -0.2) is 15.0 Å². The van der Waals surface area contributed by atoms with E-state index in [-0.39, 0.29) is 5.82 Å². The van der Waals surface area contributed by atoms with E-state index in [0.29, 0.717) is 22.9 Å². The first kappa shape index (κ1) is 14.4. The number of hydrogen-bond acceptors (Lipinski definition) is 3. The Morgan fingerprint density at radius 3 is 2.50 bits per heavy atom. The van der Waals surface area contributed by atoms with E-state index in [4.69, 9.17) is 0 Å². The number of nitrogens with one attached hydrogen (secondary N) is 2. The summed E-state index contributed by atoms with van der Waals surface area (Å²) in [5.41, 5.74) is 2.94. The second-order valence-corrected chi connectivity index (χ2v) is 5.58. The first-order chi connectivity index (χ1) is 11.7. The Balaban J connectivity index is 1.89. The van der Waals surface area contributed by atoms with Crippen molar-refractivity contribution < 1.29 is 4.39 Å². The number of para-hydroxylation sites is 1. The minimum atomic E-state index is -0.342. The van der Waals surface area contributed by atoms with Gasteiger partial charge in [0.15, 0.2) is 5.82 Å². The van der Waals surface area contributed by atoms with Gasteiger partial charge >= 0.3 is 0 Å². The van der Waals surface area contributed by atoms with Gasteiger partial charge in [0.05, 0.1) is 10.9 Å². The van der Waals surface area contributed by atoms with Crippen molar-refractivity contribution in [1.29, 1.82) is 0 Å². The van der Waals surface area contributed by atoms with Gasteiger partial charge in [-0.25, -0.2) is 14.4 Å². The number of nitrogens with zero attached hydrogens (tertiary/aromatic N) is 2. The molecule has 0 bridgehead atoms. The standard InChI is InChI=1S/C19H15FN4/c1-12-11-15-18(21-12)23-17(14-9-5-6-10-16(14)20)24-19(15)22-13-7-3-2-4-8-13/h2-11H,1H3,(H2,21,22,23,24). The molecule has 118 valence electrons. The summed E-state index contributed by atoms with van der Waals surface area (Å²) in [6, 6.07) is 18.2. The number of aryl methyl sites for hydroxylation is 1. The maximum absolute atomic E-state index is 14.1. The van der Waals surface area contributed by atoms with E-state index in [9.17, 15) is 4.39 Å². The fourth-order valence-electron chi connectivity index (χ4n) is 2.66. The molecule has 24 heavy (non-hydrogen) atoms. The van der Waals surface area contributed by atoms with E-state index in [1.54, 1.807) is 18.2 Å². The first-order valence-electron chi connectivity index (χ1n) is 7.65. The molecule has 2 aromatic heterocycles. The third kappa shape index (κ3) is 2.60. The van der Waals surface area contributed by atoms with Gasteiger partial charge in [-0.2, -0.15) is 0 Å². The topological polar surface area (TPSA) is 53.6 Å². The summed E-state index contributed by atoms with van der Waals surface area (Å²) in [6.07, 6.45) is 0. The van der Waals surface area contributed by atoms with Crippen molar-refractivity contribution in [3.05, 3.63) is 72.2 Å². The van der Waals surface area contributed by atoms with Crippen LogP contribution < -0.4 is 5.32 Å². The lowest BCUT2D eigenvalue weighted by Crippen LogP contribution is -1.99. The van der Waals surface area contributed by atoms with Crippen LogP contribution in [0.5, 0.6) is 0 Å². The average Bonchev–Trinajstić information content (AvgIpc) is 2.97. The van der Waals surface area contributed by atoms with Gasteiger partial charge in [0, 0.05) is 11.4 Å². The molecular weight excluding hydrogens is 303 g/mol. The van der Waals surface area contributed by atoms with Crippen LogP contribution >= 0.6 is 0 Å². The van der Waals surface area contributed by atoms with E-state index in [2.05, 4.69) is 20.3 Å². The van der Waals surface area contributed by atoms with Crippen LogP contribution in [0.3, 0.4) is 0 Å². The van der Waals surface area contributed by atoms with Crippen LogP contribution in [-0.2, 0) is 0 Å². The Kier molecular flexibility index (Phi) is 3.46. The highest BCUT2D eigenvalue weighted by molar-refractivity contribution is 5.91. The second kappa shape index (κ2) is 5.77. The fraction of sp³-hybridized carbons (Fsp3) is 0.0526. The minimum absolute atomic E-state index is 0.342. The zero-order valence-corrected chi connectivity index (χ0v) is 13.0. The molecule has 0 atom stereocenters. The Bertz CT molecular complexity index is 1010. The quantitative estimate of drug-likeness (QED) is 0.569. The van der Waals surface area contributed by atoms with Gasteiger partial charge in [-0.3, -0.25) is 0 Å². The van der Waals surface area contributed by atoms with Crippen LogP contribution in [0.1, 0.15) is 5.69 Å². The summed E-state index contributed by atoms with van der Waals surface area (Å²) >= 11 is 0. The molecule has 0 saturated heterocycles. The van der Waals surface area contributed by atoms with E-state index >= 15 is 0 Å². The summed E-state index contributed by atoms with van der Waals surface area (Å²) in [7, 11) is 0. The molecule has 0 aliphatic carbocycles. The molecule has 2 heterocycles. The molecule has 0 fully saturated rings. The summed E-state index contributed by atoms with van der Waals surface area (Å²) in [4.78, 5) is 12.2. The number of rotatable bonds is 3. The maximum atomic E-state index is 14.1. The zero-order valence-electron chi connectivity index (χ0n) is 13.0. The van der Waals surface area contributed by atoms with Gasteiger partial charge in [-0.15, -0.1) is 0 Å². The average molecular weight is 318 g/mol. The third-order valence-corrected chi connectivity index (χ3v) is 3.77. The second-order valence-electron chi connectivity index (χ2n) is 5.58. The lowest BCUT2D eigenvalue weighted by atomic mass is 10.2. The number of halogens is 1.